The van der Waals surface area contributed by atoms with Gasteiger partial charge in [-0.3, -0.25) is 4.79 Å². The molecule has 134 valence electrons. The number of nitrogen functional groups attached to an aromatic ring is 1. The van der Waals surface area contributed by atoms with Crippen LogP contribution < -0.4 is 20.5 Å². The van der Waals surface area contributed by atoms with Crippen LogP contribution in [0.3, 0.4) is 0 Å². The number of para-hydroxylation sites is 1. The lowest BCUT2D eigenvalue weighted by Gasteiger charge is -2.08. The minimum atomic E-state index is -0.209. The zero-order valence-electron chi connectivity index (χ0n) is 14.7. The van der Waals surface area contributed by atoms with E-state index in [0.717, 1.165) is 11.3 Å². The van der Waals surface area contributed by atoms with Crippen LogP contribution in [0.5, 0.6) is 11.5 Å². The first kappa shape index (κ1) is 17.8. The third kappa shape index (κ3) is 3.48. The maximum Gasteiger partial charge on any atom is 0.206 e. The van der Waals surface area contributed by atoms with Crippen molar-refractivity contribution in [1.29, 1.82) is 0 Å². The van der Waals surface area contributed by atoms with Crippen molar-refractivity contribution in [3.05, 3.63) is 58.5 Å². The molecule has 0 radical (unpaired) electrons. The molecule has 0 amide bonds. The van der Waals surface area contributed by atoms with E-state index in [1.807, 2.05) is 31.2 Å². The number of benzene rings is 2. The van der Waals surface area contributed by atoms with E-state index in [0.29, 0.717) is 27.1 Å². The molecule has 1 heterocycles. The summed E-state index contributed by atoms with van der Waals surface area (Å²) in [6, 6.07) is 12.8. The van der Waals surface area contributed by atoms with Crippen LogP contribution in [-0.4, -0.2) is 25.0 Å². The number of nitrogens with zero attached hydrogens (tertiary/aromatic N) is 1. The summed E-state index contributed by atoms with van der Waals surface area (Å²) in [5, 5.41) is 3.78. The van der Waals surface area contributed by atoms with Crippen molar-refractivity contribution in [1.82, 2.24) is 4.98 Å². The van der Waals surface area contributed by atoms with Gasteiger partial charge in [-0.15, -0.1) is 0 Å². The van der Waals surface area contributed by atoms with E-state index in [2.05, 4.69) is 10.3 Å². The summed E-state index contributed by atoms with van der Waals surface area (Å²) in [6.45, 7) is 2.00. The van der Waals surface area contributed by atoms with Crippen molar-refractivity contribution in [2.24, 2.45) is 0 Å². The number of nitrogens with two attached hydrogens (primary N) is 1. The Balaban J connectivity index is 1.89. The molecule has 0 bridgehead atoms. The molecular formula is C19H19N3O3S. The highest BCUT2D eigenvalue weighted by Gasteiger charge is 2.20. The Kier molecular flexibility index (Phi) is 5.09. The fraction of sp³-hybridized carbons (Fsp3) is 0.158. The number of thiazole rings is 1. The summed E-state index contributed by atoms with van der Waals surface area (Å²) in [4.78, 5) is 17.5. The molecular weight excluding hydrogens is 350 g/mol. The highest BCUT2D eigenvalue weighted by molar-refractivity contribution is 7.18. The van der Waals surface area contributed by atoms with E-state index < -0.39 is 0 Å². The average molecular weight is 369 g/mol. The van der Waals surface area contributed by atoms with Crippen LogP contribution in [0.25, 0.3) is 0 Å². The van der Waals surface area contributed by atoms with Crippen LogP contribution in [0.1, 0.15) is 20.8 Å². The lowest BCUT2D eigenvalue weighted by Crippen LogP contribution is -2.03. The van der Waals surface area contributed by atoms with Gasteiger partial charge in [0.2, 0.25) is 5.78 Å². The Morgan fingerprint density at radius 2 is 1.85 bits per heavy atom. The molecule has 7 heteroatoms. The molecule has 0 unspecified atom stereocenters. The molecule has 0 aliphatic carbocycles. The van der Waals surface area contributed by atoms with Gasteiger partial charge in [0.15, 0.2) is 16.6 Å². The average Bonchev–Trinajstić information content (AvgIpc) is 3.02. The maximum absolute atomic E-state index is 12.8. The number of nitrogens with one attached hydrogen (secondary N) is 1. The van der Waals surface area contributed by atoms with E-state index >= 15 is 0 Å². The van der Waals surface area contributed by atoms with E-state index in [-0.39, 0.29) is 11.6 Å². The number of hydrogen-bond donors (Lipinski definition) is 2. The minimum Gasteiger partial charge on any atom is -0.493 e. The first-order valence-electron chi connectivity index (χ1n) is 7.89. The van der Waals surface area contributed by atoms with Gasteiger partial charge in [0.05, 0.1) is 14.2 Å². The summed E-state index contributed by atoms with van der Waals surface area (Å²) < 4.78 is 10.5. The first-order valence-corrected chi connectivity index (χ1v) is 8.70. The van der Waals surface area contributed by atoms with Gasteiger partial charge in [0, 0.05) is 11.3 Å². The normalized spacial score (nSPS) is 10.4. The molecule has 3 aromatic rings. The molecule has 6 nitrogen and oxygen atoms in total. The second kappa shape index (κ2) is 7.45. The van der Waals surface area contributed by atoms with Gasteiger partial charge in [-0.05, 0) is 36.8 Å². The number of rotatable bonds is 6. The largest absolute Gasteiger partial charge is 0.493 e. The third-order valence-corrected chi connectivity index (χ3v) is 4.88. The van der Waals surface area contributed by atoms with Gasteiger partial charge in [0.25, 0.3) is 0 Å². The van der Waals surface area contributed by atoms with Crippen LogP contribution in [0.2, 0.25) is 0 Å². The summed E-state index contributed by atoms with van der Waals surface area (Å²) in [7, 11) is 3.07. The molecule has 0 saturated carbocycles. The fourth-order valence-electron chi connectivity index (χ4n) is 2.48. The second-order valence-electron chi connectivity index (χ2n) is 5.57. The molecule has 0 aliphatic heterocycles. The number of methoxy groups -OCH3 is 2. The van der Waals surface area contributed by atoms with Crippen molar-refractivity contribution >= 4 is 33.8 Å². The number of carbonyl (C=O) groups excluding carboxylic acids is 1. The van der Waals surface area contributed by atoms with Crippen molar-refractivity contribution in [3.8, 4) is 11.5 Å². The Bertz CT molecular complexity index is 953. The van der Waals surface area contributed by atoms with Gasteiger partial charge in [-0.1, -0.05) is 29.5 Å². The topological polar surface area (TPSA) is 86.5 Å². The number of aromatic nitrogens is 1. The van der Waals surface area contributed by atoms with E-state index in [1.165, 1.54) is 18.4 Å². The molecule has 0 fully saturated rings. The molecule has 0 saturated heterocycles. The number of ether oxygens (including phenoxy) is 2. The molecule has 3 N–H and O–H groups in total. The van der Waals surface area contributed by atoms with Gasteiger partial charge < -0.3 is 20.5 Å². The maximum atomic E-state index is 12.8. The summed E-state index contributed by atoms with van der Waals surface area (Å²) >= 11 is 1.22. The number of anilines is 3. The minimum absolute atomic E-state index is 0.200. The van der Waals surface area contributed by atoms with Crippen molar-refractivity contribution in [2.45, 2.75) is 6.92 Å². The van der Waals surface area contributed by atoms with Crippen molar-refractivity contribution in [3.63, 3.8) is 0 Å². The predicted molar refractivity (Wildman–Crippen MR) is 104 cm³/mol. The van der Waals surface area contributed by atoms with Crippen molar-refractivity contribution in [2.75, 3.05) is 25.3 Å². The van der Waals surface area contributed by atoms with Gasteiger partial charge in [0.1, 0.15) is 10.7 Å². The molecule has 0 atom stereocenters. The molecule has 2 aromatic carbocycles. The standard InChI is InChI=1S/C19H19N3O3S/c1-11-6-4-5-7-13(11)21-19-22-18(20)17(26-19)16(23)12-8-9-14(24-2)15(10-12)25-3/h4-10H,20H2,1-3H3,(H,21,22). The van der Waals surface area contributed by atoms with E-state index in [9.17, 15) is 4.79 Å². The fourth-order valence-corrected chi connectivity index (χ4v) is 3.34. The zero-order valence-corrected chi connectivity index (χ0v) is 15.5. The smallest absolute Gasteiger partial charge is 0.206 e. The summed E-state index contributed by atoms with van der Waals surface area (Å²) in [5.74, 6) is 1.03. The molecule has 0 aliphatic rings. The highest BCUT2D eigenvalue weighted by Crippen LogP contribution is 2.33. The number of hydrogen-bond acceptors (Lipinski definition) is 7. The summed E-state index contributed by atoms with van der Waals surface area (Å²) in [5.41, 5.74) is 8.44. The second-order valence-corrected chi connectivity index (χ2v) is 6.57. The van der Waals surface area contributed by atoms with E-state index in [1.54, 1.807) is 25.3 Å². The molecule has 0 spiro atoms. The van der Waals surface area contributed by atoms with Crippen LogP contribution in [0.15, 0.2) is 42.5 Å². The van der Waals surface area contributed by atoms with Crippen LogP contribution in [-0.2, 0) is 0 Å². The SMILES string of the molecule is COc1ccc(C(=O)c2sc(Nc3ccccc3C)nc2N)cc1OC. The van der Waals surface area contributed by atoms with Crippen LogP contribution in [0.4, 0.5) is 16.6 Å². The van der Waals surface area contributed by atoms with E-state index in [4.69, 9.17) is 15.2 Å². The number of ketones is 1. The first-order chi connectivity index (χ1) is 12.5. The number of carbonyl (C=O) groups is 1. The molecule has 1 aromatic heterocycles. The Morgan fingerprint density at radius 1 is 1.12 bits per heavy atom. The summed E-state index contributed by atoms with van der Waals surface area (Å²) in [6.07, 6.45) is 0. The lowest BCUT2D eigenvalue weighted by molar-refractivity contribution is 0.104. The van der Waals surface area contributed by atoms with Crippen LogP contribution in [0, 0.1) is 6.92 Å². The zero-order chi connectivity index (χ0) is 18.7. The Hall–Kier alpha value is -3.06. The van der Waals surface area contributed by atoms with Gasteiger partial charge in [-0.25, -0.2) is 4.98 Å². The molecule has 26 heavy (non-hydrogen) atoms. The van der Waals surface area contributed by atoms with Crippen molar-refractivity contribution < 1.29 is 14.3 Å². The Morgan fingerprint density at radius 3 is 2.54 bits per heavy atom. The number of aryl methyl sites for hydroxylation is 1. The monoisotopic (exact) mass is 369 g/mol. The quantitative estimate of drug-likeness (QED) is 0.638. The van der Waals surface area contributed by atoms with Crippen LogP contribution >= 0.6 is 11.3 Å². The highest BCUT2D eigenvalue weighted by atomic mass is 32.1. The Labute approximate surface area is 155 Å². The molecule has 3 rings (SSSR count). The third-order valence-electron chi connectivity index (χ3n) is 3.89. The van der Waals surface area contributed by atoms with Gasteiger partial charge >= 0.3 is 0 Å². The van der Waals surface area contributed by atoms with Gasteiger partial charge in [-0.2, -0.15) is 0 Å². The predicted octanol–water partition coefficient (Wildman–Crippen LogP) is 4.03. The lowest BCUT2D eigenvalue weighted by atomic mass is 10.1.